The molecule has 0 saturated heterocycles. The highest BCUT2D eigenvalue weighted by Gasteiger charge is 2.38. The zero-order valence-electron chi connectivity index (χ0n) is 13.3. The summed E-state index contributed by atoms with van der Waals surface area (Å²) in [5.74, 6) is -2.02. The van der Waals surface area contributed by atoms with Crippen molar-refractivity contribution in [1.82, 2.24) is 5.32 Å². The number of benzene rings is 1. The van der Waals surface area contributed by atoms with E-state index >= 15 is 0 Å². The fraction of sp³-hybridized carbons (Fsp3) is 0.429. The predicted molar refractivity (Wildman–Crippen MR) is 89.4 cm³/mol. The van der Waals surface area contributed by atoms with Gasteiger partial charge in [0.15, 0.2) is 12.9 Å². The molecule has 11 heteroatoms. The Morgan fingerprint density at radius 1 is 1.48 bits per heavy atom. The molecular formula is C14H18BNO8S. The summed E-state index contributed by atoms with van der Waals surface area (Å²) in [6.07, 6.45) is -0.0141. The maximum atomic E-state index is 11.7. The van der Waals surface area contributed by atoms with Crippen molar-refractivity contribution in [1.29, 1.82) is 0 Å². The van der Waals surface area contributed by atoms with Gasteiger partial charge in [-0.05, 0) is 24.3 Å². The largest absolute Gasteiger partial charge is 0.547 e. The molecule has 25 heavy (non-hydrogen) atoms. The predicted octanol–water partition coefficient (Wildman–Crippen LogP) is -1.06. The number of aliphatic hydroxyl groups is 2. The molecule has 0 radical (unpaired) electrons. The third-order valence-electron chi connectivity index (χ3n) is 3.49. The van der Waals surface area contributed by atoms with E-state index in [1.54, 1.807) is 12.3 Å². The van der Waals surface area contributed by atoms with Crippen molar-refractivity contribution >= 4 is 30.8 Å². The number of rotatable bonds is 7. The van der Waals surface area contributed by atoms with Gasteiger partial charge in [0.25, 0.3) is 0 Å². The fourth-order valence-corrected chi connectivity index (χ4v) is 2.82. The van der Waals surface area contributed by atoms with Gasteiger partial charge in [0.05, 0.1) is 17.3 Å². The second-order valence-corrected chi connectivity index (χ2v) is 6.21. The van der Waals surface area contributed by atoms with Gasteiger partial charge < -0.3 is 35.1 Å². The number of hydrogen-bond acceptors (Lipinski definition) is 8. The Hall–Kier alpha value is -1.95. The smallest absolute Gasteiger partial charge is 0.534 e. The van der Waals surface area contributed by atoms with Crippen LogP contribution in [-0.2, 0) is 16.0 Å². The van der Waals surface area contributed by atoms with E-state index in [1.807, 2.05) is 0 Å². The quantitative estimate of drug-likeness (QED) is 0.299. The maximum Gasteiger partial charge on any atom is 0.547 e. The van der Waals surface area contributed by atoms with Gasteiger partial charge in [0, 0.05) is 0 Å². The molecule has 1 aromatic carbocycles. The first-order valence-electron chi connectivity index (χ1n) is 7.33. The summed E-state index contributed by atoms with van der Waals surface area (Å²) in [7, 11) is -1.40. The lowest BCUT2D eigenvalue weighted by atomic mass is 9.72. The van der Waals surface area contributed by atoms with Gasteiger partial charge in [-0.25, -0.2) is 4.79 Å². The average Bonchev–Trinajstić information content (AvgIpc) is 2.53. The molecule has 0 saturated carbocycles. The molecule has 5 N–H and O–H groups in total. The second kappa shape index (κ2) is 8.43. The first kappa shape index (κ1) is 19.4. The number of aliphatic carboxylic acids is 1. The Labute approximate surface area is 148 Å². The Morgan fingerprint density at radius 3 is 2.80 bits per heavy atom. The minimum absolute atomic E-state index is 0.000698. The molecule has 1 unspecified atom stereocenters. The van der Waals surface area contributed by atoms with Crippen molar-refractivity contribution < 1.29 is 39.3 Å². The second-order valence-electron chi connectivity index (χ2n) is 5.34. The van der Waals surface area contributed by atoms with Crippen LogP contribution in [0.15, 0.2) is 12.1 Å². The van der Waals surface area contributed by atoms with Crippen LogP contribution in [0.5, 0.6) is 11.5 Å². The van der Waals surface area contributed by atoms with E-state index in [1.165, 1.54) is 17.8 Å². The van der Waals surface area contributed by atoms with Gasteiger partial charge in [0.2, 0.25) is 5.91 Å². The molecule has 0 fully saturated rings. The third kappa shape index (κ3) is 4.79. The average molecular weight is 371 g/mol. The lowest BCUT2D eigenvalue weighted by molar-refractivity contribution is -0.139. The summed E-state index contributed by atoms with van der Waals surface area (Å²) in [6, 6.07) is 2.94. The lowest BCUT2D eigenvalue weighted by Gasteiger charge is -2.30. The molecule has 0 bridgehead atoms. The van der Waals surface area contributed by atoms with Crippen LogP contribution >= 0.6 is 11.8 Å². The van der Waals surface area contributed by atoms with Crippen molar-refractivity contribution in [3.63, 3.8) is 0 Å². The van der Waals surface area contributed by atoms with Gasteiger partial charge >= 0.3 is 13.1 Å². The molecule has 136 valence electrons. The summed E-state index contributed by atoms with van der Waals surface area (Å²) < 4.78 is 10.4. The Morgan fingerprint density at radius 2 is 2.20 bits per heavy atom. The molecule has 0 spiro atoms. The van der Waals surface area contributed by atoms with E-state index in [-0.39, 0.29) is 35.1 Å². The number of carbonyl (C=O) groups is 2. The van der Waals surface area contributed by atoms with Crippen LogP contribution in [0.25, 0.3) is 0 Å². The Kier molecular flexibility index (Phi) is 6.54. The number of nitrogens with one attached hydrogen (secondary N) is 1. The zero-order valence-corrected chi connectivity index (χ0v) is 14.2. The van der Waals surface area contributed by atoms with Gasteiger partial charge in [-0.2, -0.15) is 11.8 Å². The number of amides is 1. The molecule has 1 atom stereocenters. The summed E-state index contributed by atoms with van der Waals surface area (Å²) >= 11 is 1.34. The van der Waals surface area contributed by atoms with Crippen molar-refractivity contribution in [3.05, 3.63) is 23.3 Å². The van der Waals surface area contributed by atoms with Gasteiger partial charge in [-0.3, -0.25) is 4.79 Å². The van der Waals surface area contributed by atoms with E-state index in [0.717, 1.165) is 0 Å². The van der Waals surface area contributed by atoms with Gasteiger partial charge in [-0.1, -0.05) is 6.07 Å². The molecule has 1 aliphatic heterocycles. The lowest BCUT2D eigenvalue weighted by Crippen LogP contribution is -2.53. The number of fused-ring (bicyclic) bond motifs is 1. The van der Waals surface area contributed by atoms with Crippen LogP contribution in [0.2, 0.25) is 0 Å². The molecule has 1 amide bonds. The van der Waals surface area contributed by atoms with Crippen LogP contribution in [0, 0.1) is 0 Å². The number of carboxylic acid groups (broad SMARTS) is 1. The summed E-state index contributed by atoms with van der Waals surface area (Å²) in [5.41, 5.74) is 0.345. The zero-order chi connectivity index (χ0) is 18.6. The summed E-state index contributed by atoms with van der Waals surface area (Å²) in [6.45, 7) is -0.672. The summed E-state index contributed by atoms with van der Waals surface area (Å²) in [5, 5.41) is 40.6. The number of ether oxygens (including phenoxy) is 1. The normalized spacial score (nSPS) is 16.2. The van der Waals surface area contributed by atoms with Crippen LogP contribution in [0.1, 0.15) is 17.4 Å². The highest BCUT2D eigenvalue weighted by Crippen LogP contribution is 2.39. The van der Waals surface area contributed by atoms with Crippen LogP contribution in [-0.4, -0.2) is 63.9 Å². The molecule has 1 heterocycles. The fourth-order valence-electron chi connectivity index (χ4n) is 2.48. The van der Waals surface area contributed by atoms with E-state index < -0.39 is 31.9 Å². The molecule has 1 aromatic rings. The van der Waals surface area contributed by atoms with E-state index in [4.69, 9.17) is 14.5 Å². The minimum atomic E-state index is -1.99. The van der Waals surface area contributed by atoms with Crippen molar-refractivity contribution in [2.45, 2.75) is 18.7 Å². The molecule has 9 nitrogen and oxygen atoms in total. The van der Waals surface area contributed by atoms with Crippen LogP contribution in [0.3, 0.4) is 0 Å². The molecule has 2 rings (SSSR count). The first-order chi connectivity index (χ1) is 11.8. The highest BCUT2D eigenvalue weighted by molar-refractivity contribution is 7.99. The van der Waals surface area contributed by atoms with Crippen molar-refractivity contribution in [3.8, 4) is 11.5 Å². The first-order valence-corrected chi connectivity index (χ1v) is 8.72. The number of carbonyl (C=O) groups excluding carboxylic acids is 1. The SMILES string of the molecule is CSCC(=O)NC1Cc2ccc(OCC(=O)O)c(C(O)O)c2OB1O. The van der Waals surface area contributed by atoms with Gasteiger partial charge in [-0.15, -0.1) is 0 Å². The van der Waals surface area contributed by atoms with Gasteiger partial charge in [0.1, 0.15) is 11.5 Å². The van der Waals surface area contributed by atoms with Crippen molar-refractivity contribution in [2.75, 3.05) is 18.6 Å². The number of carboxylic acids is 1. The third-order valence-corrected chi connectivity index (χ3v) is 4.04. The van der Waals surface area contributed by atoms with Crippen molar-refractivity contribution in [2.24, 2.45) is 0 Å². The number of hydrogen-bond donors (Lipinski definition) is 5. The maximum absolute atomic E-state index is 11.7. The highest BCUT2D eigenvalue weighted by atomic mass is 32.2. The van der Waals surface area contributed by atoms with E-state index in [0.29, 0.717) is 5.56 Å². The molecule has 0 aromatic heterocycles. The summed E-state index contributed by atoms with van der Waals surface area (Å²) in [4.78, 5) is 22.3. The Bertz CT molecular complexity index is 656. The monoisotopic (exact) mass is 371 g/mol. The standard InChI is InChI=1S/C14H18BNO8S/c1-25-6-10(17)16-9-4-7-2-3-8(23-5-11(18)19)12(14(20)21)13(7)24-15(9)22/h2-3,9,14,20-22H,4-6H2,1H3,(H,16,17)(H,18,19). The van der Waals surface area contributed by atoms with Crippen LogP contribution < -0.4 is 14.7 Å². The number of aliphatic hydroxyl groups excluding tert-OH is 1. The van der Waals surface area contributed by atoms with Crippen LogP contribution in [0.4, 0.5) is 0 Å². The molecule has 1 aliphatic rings. The van der Waals surface area contributed by atoms with E-state index in [9.17, 15) is 24.8 Å². The minimum Gasteiger partial charge on any atom is -0.534 e. The molecular weight excluding hydrogens is 353 g/mol. The topological polar surface area (TPSA) is 146 Å². The molecule has 0 aliphatic carbocycles. The Balaban J connectivity index is 2.27. The van der Waals surface area contributed by atoms with E-state index in [2.05, 4.69) is 5.32 Å². The number of thioether (sulfide) groups is 1.